The minimum atomic E-state index is 0.687. The molecule has 0 spiro atoms. The standard InChI is InChI=1S/C23H25N7S/c1-13-17(12-26-30-13)18-4-5-19-22(27-18)31-23(28-19)29-21-10-15(6-7-24-21)11-25-20-9-14-2-3-16(20)8-14/h4-7,10,12,14,16,20,25H,2-3,8-9,11H2,1H3,(H,26,30)(H,24,28,29)/t14-,16-,20?/m0/s1. The number of hydrogen-bond donors (Lipinski definition) is 3. The number of pyridine rings is 2. The predicted octanol–water partition coefficient (Wildman–Crippen LogP) is 4.81. The Morgan fingerprint density at radius 3 is 2.94 bits per heavy atom. The molecule has 0 aromatic carbocycles. The van der Waals surface area contributed by atoms with Crippen LogP contribution in [0.25, 0.3) is 21.6 Å². The van der Waals surface area contributed by atoms with Crippen molar-refractivity contribution in [3.63, 3.8) is 0 Å². The number of aryl methyl sites for hydroxylation is 1. The average Bonchev–Trinajstić information content (AvgIpc) is 3.56. The van der Waals surface area contributed by atoms with Gasteiger partial charge in [-0.25, -0.2) is 15.0 Å². The van der Waals surface area contributed by atoms with Gasteiger partial charge in [-0.15, -0.1) is 0 Å². The molecule has 31 heavy (non-hydrogen) atoms. The quantitative estimate of drug-likeness (QED) is 0.406. The fraction of sp³-hybridized carbons (Fsp3) is 0.391. The van der Waals surface area contributed by atoms with Crippen molar-refractivity contribution in [2.45, 2.75) is 45.2 Å². The summed E-state index contributed by atoms with van der Waals surface area (Å²) >= 11 is 1.54. The molecule has 6 rings (SSSR count). The molecular weight excluding hydrogens is 406 g/mol. The zero-order chi connectivity index (χ0) is 20.8. The van der Waals surface area contributed by atoms with Crippen molar-refractivity contribution < 1.29 is 0 Å². The van der Waals surface area contributed by atoms with Crippen LogP contribution in [0.15, 0.2) is 36.7 Å². The second-order valence-electron chi connectivity index (χ2n) is 8.79. The first-order valence-electron chi connectivity index (χ1n) is 10.9. The molecule has 3 N–H and O–H groups in total. The van der Waals surface area contributed by atoms with Gasteiger partial charge >= 0.3 is 0 Å². The highest BCUT2D eigenvalue weighted by Gasteiger charge is 2.38. The van der Waals surface area contributed by atoms with Gasteiger partial charge in [-0.2, -0.15) is 5.10 Å². The van der Waals surface area contributed by atoms with Gasteiger partial charge in [-0.05, 0) is 67.9 Å². The number of fused-ring (bicyclic) bond motifs is 3. The number of nitrogens with zero attached hydrogens (tertiary/aromatic N) is 4. The third kappa shape index (κ3) is 3.70. The maximum Gasteiger partial charge on any atom is 0.190 e. The van der Waals surface area contributed by atoms with Crippen LogP contribution in [-0.4, -0.2) is 31.2 Å². The minimum Gasteiger partial charge on any atom is -0.316 e. The minimum absolute atomic E-state index is 0.687. The predicted molar refractivity (Wildman–Crippen MR) is 123 cm³/mol. The van der Waals surface area contributed by atoms with Gasteiger partial charge in [-0.1, -0.05) is 17.8 Å². The third-order valence-corrected chi connectivity index (χ3v) is 7.61. The Bertz CT molecular complexity index is 1230. The van der Waals surface area contributed by atoms with Crippen molar-refractivity contribution in [1.82, 2.24) is 30.5 Å². The lowest BCUT2D eigenvalue weighted by atomic mass is 9.95. The molecule has 0 amide bonds. The second kappa shape index (κ2) is 7.69. The first-order chi connectivity index (χ1) is 15.2. The highest BCUT2D eigenvalue weighted by atomic mass is 32.1. The summed E-state index contributed by atoms with van der Waals surface area (Å²) in [6, 6.07) is 8.88. The number of anilines is 2. The van der Waals surface area contributed by atoms with E-state index in [-0.39, 0.29) is 0 Å². The van der Waals surface area contributed by atoms with Crippen molar-refractivity contribution in [2.75, 3.05) is 5.32 Å². The fourth-order valence-corrected chi connectivity index (χ4v) is 5.98. The molecule has 0 radical (unpaired) electrons. The van der Waals surface area contributed by atoms with Gasteiger partial charge in [0, 0.05) is 30.0 Å². The van der Waals surface area contributed by atoms with E-state index in [9.17, 15) is 0 Å². The number of aromatic amines is 1. The van der Waals surface area contributed by atoms with Crippen LogP contribution in [0.3, 0.4) is 0 Å². The van der Waals surface area contributed by atoms with Crippen molar-refractivity contribution >= 4 is 32.6 Å². The monoisotopic (exact) mass is 431 g/mol. The molecule has 4 aromatic heterocycles. The summed E-state index contributed by atoms with van der Waals surface area (Å²) in [6.45, 7) is 2.89. The molecule has 2 fully saturated rings. The fourth-order valence-electron chi connectivity index (χ4n) is 5.14. The highest BCUT2D eigenvalue weighted by Crippen LogP contribution is 2.44. The summed E-state index contributed by atoms with van der Waals surface area (Å²) in [4.78, 5) is 14.8. The zero-order valence-corrected chi connectivity index (χ0v) is 18.2. The number of nitrogens with one attached hydrogen (secondary N) is 3. The van der Waals surface area contributed by atoms with Gasteiger partial charge in [0.05, 0.1) is 11.9 Å². The molecule has 4 aromatic rings. The van der Waals surface area contributed by atoms with Crippen molar-refractivity contribution in [2.24, 2.45) is 11.8 Å². The maximum absolute atomic E-state index is 4.78. The molecule has 4 heterocycles. The van der Waals surface area contributed by atoms with E-state index in [0.717, 1.165) is 56.6 Å². The largest absolute Gasteiger partial charge is 0.316 e. The van der Waals surface area contributed by atoms with Crippen LogP contribution in [0, 0.1) is 18.8 Å². The van der Waals surface area contributed by atoms with Crippen LogP contribution < -0.4 is 10.6 Å². The lowest BCUT2D eigenvalue weighted by molar-refractivity contribution is 0.350. The molecule has 2 saturated carbocycles. The van der Waals surface area contributed by atoms with E-state index in [1.165, 1.54) is 42.6 Å². The average molecular weight is 432 g/mol. The van der Waals surface area contributed by atoms with Gasteiger partial charge < -0.3 is 10.6 Å². The molecule has 2 aliphatic carbocycles. The van der Waals surface area contributed by atoms with Crippen molar-refractivity contribution in [1.29, 1.82) is 0 Å². The summed E-state index contributed by atoms with van der Waals surface area (Å²) in [5.74, 6) is 2.66. The highest BCUT2D eigenvalue weighted by molar-refractivity contribution is 7.21. The van der Waals surface area contributed by atoms with E-state index in [4.69, 9.17) is 4.98 Å². The van der Waals surface area contributed by atoms with Crippen molar-refractivity contribution in [3.05, 3.63) is 47.9 Å². The molecular formula is C23H25N7S. The van der Waals surface area contributed by atoms with Crippen LogP contribution in [-0.2, 0) is 6.54 Å². The number of hydrogen-bond acceptors (Lipinski definition) is 7. The lowest BCUT2D eigenvalue weighted by Gasteiger charge is -2.23. The third-order valence-electron chi connectivity index (χ3n) is 6.73. The zero-order valence-electron chi connectivity index (χ0n) is 17.4. The maximum atomic E-state index is 4.78. The van der Waals surface area contributed by atoms with E-state index >= 15 is 0 Å². The molecule has 2 bridgehead atoms. The summed E-state index contributed by atoms with van der Waals surface area (Å²) < 4.78 is 0. The summed E-state index contributed by atoms with van der Waals surface area (Å²) in [6.07, 6.45) is 9.29. The molecule has 7 nitrogen and oxygen atoms in total. The van der Waals surface area contributed by atoms with Crippen LogP contribution in [0.1, 0.15) is 36.9 Å². The van der Waals surface area contributed by atoms with Crippen LogP contribution in [0.5, 0.6) is 0 Å². The van der Waals surface area contributed by atoms with E-state index in [0.29, 0.717) is 6.04 Å². The van der Waals surface area contributed by atoms with E-state index in [2.05, 4.69) is 42.9 Å². The molecule has 2 aliphatic rings. The van der Waals surface area contributed by atoms with E-state index < -0.39 is 0 Å². The Balaban J connectivity index is 1.16. The molecule has 158 valence electrons. The molecule has 0 aliphatic heterocycles. The number of H-pyrrole nitrogens is 1. The summed E-state index contributed by atoms with van der Waals surface area (Å²) in [5.41, 5.74) is 5.06. The van der Waals surface area contributed by atoms with Crippen molar-refractivity contribution in [3.8, 4) is 11.3 Å². The topological polar surface area (TPSA) is 91.4 Å². The van der Waals surface area contributed by atoms with E-state index in [1.54, 1.807) is 0 Å². The molecule has 1 unspecified atom stereocenters. The Hall–Kier alpha value is -2.84. The van der Waals surface area contributed by atoms with E-state index in [1.807, 2.05) is 31.5 Å². The summed E-state index contributed by atoms with van der Waals surface area (Å²) in [7, 11) is 0. The normalized spacial score (nSPS) is 22.4. The van der Waals surface area contributed by atoms with Gasteiger partial charge in [0.2, 0.25) is 0 Å². The SMILES string of the molecule is Cc1[nH]ncc1-c1ccc2nc(Nc3cc(CNC4C[C@H]5CC[C@H]4C5)ccn3)sc2n1. The van der Waals surface area contributed by atoms with Crippen LogP contribution in [0.4, 0.5) is 10.9 Å². The Kier molecular flexibility index (Phi) is 4.69. The smallest absolute Gasteiger partial charge is 0.190 e. The second-order valence-corrected chi connectivity index (χ2v) is 9.76. The van der Waals surface area contributed by atoms with Crippen LogP contribution in [0.2, 0.25) is 0 Å². The lowest BCUT2D eigenvalue weighted by Crippen LogP contribution is -2.33. The van der Waals surface area contributed by atoms with Gasteiger partial charge in [0.15, 0.2) is 5.13 Å². The number of aromatic nitrogens is 5. The Labute approximate surface area is 184 Å². The number of thiazole rings is 1. The molecule has 8 heteroatoms. The van der Waals surface area contributed by atoms with Gasteiger partial charge in [0.25, 0.3) is 0 Å². The Morgan fingerprint density at radius 2 is 2.13 bits per heavy atom. The molecule has 3 atom stereocenters. The van der Waals surface area contributed by atoms with Gasteiger partial charge in [-0.3, -0.25) is 5.10 Å². The van der Waals surface area contributed by atoms with Crippen LogP contribution >= 0.6 is 11.3 Å². The Morgan fingerprint density at radius 1 is 1.16 bits per heavy atom. The number of rotatable bonds is 6. The summed E-state index contributed by atoms with van der Waals surface area (Å²) in [5, 5.41) is 15.0. The van der Waals surface area contributed by atoms with Gasteiger partial charge in [0.1, 0.15) is 16.2 Å². The first kappa shape index (κ1) is 18.9. The first-order valence-corrected chi connectivity index (χ1v) is 11.8. The molecule has 0 saturated heterocycles.